The number of carbonyl (C=O) groups excluding carboxylic acids is 2. The van der Waals surface area contributed by atoms with Crippen LogP contribution in [0.15, 0.2) is 17.5 Å². The highest BCUT2D eigenvalue weighted by Crippen LogP contribution is 2.07. The molecule has 0 atom stereocenters. The van der Waals surface area contributed by atoms with Gasteiger partial charge in [0.2, 0.25) is 5.91 Å². The molecule has 0 bridgehead atoms. The fraction of sp³-hybridized carbons (Fsp3) is 0.500. The first-order chi connectivity index (χ1) is 7.88. The highest BCUT2D eigenvalue weighted by molar-refractivity contribution is 7.12. The van der Waals surface area contributed by atoms with E-state index in [-0.39, 0.29) is 17.4 Å². The lowest BCUT2D eigenvalue weighted by Crippen LogP contribution is -2.41. The van der Waals surface area contributed by atoms with Crippen molar-refractivity contribution in [2.45, 2.75) is 32.7 Å². The molecule has 1 aromatic rings. The van der Waals surface area contributed by atoms with Crippen LogP contribution in [0.2, 0.25) is 0 Å². The molecule has 4 nitrogen and oxygen atoms in total. The standard InChI is InChI=1S/C12H18N2O2S/c1-12(2,3)14-10(15)6-7-13-11(16)9-5-4-8-17-9/h4-5,8H,6-7H2,1-3H3,(H,13,16)(H,14,15). The van der Waals surface area contributed by atoms with Gasteiger partial charge in [0.05, 0.1) is 4.88 Å². The van der Waals surface area contributed by atoms with Crippen molar-refractivity contribution in [1.82, 2.24) is 10.6 Å². The van der Waals surface area contributed by atoms with E-state index in [1.807, 2.05) is 32.2 Å². The summed E-state index contributed by atoms with van der Waals surface area (Å²) in [6, 6.07) is 3.58. The van der Waals surface area contributed by atoms with Crippen LogP contribution < -0.4 is 10.6 Å². The van der Waals surface area contributed by atoms with E-state index >= 15 is 0 Å². The van der Waals surface area contributed by atoms with E-state index in [0.717, 1.165) is 0 Å². The van der Waals surface area contributed by atoms with Crippen molar-refractivity contribution in [2.75, 3.05) is 6.54 Å². The number of carbonyl (C=O) groups is 2. The van der Waals surface area contributed by atoms with Gasteiger partial charge in [-0.2, -0.15) is 0 Å². The first-order valence-corrected chi connectivity index (χ1v) is 6.39. The van der Waals surface area contributed by atoms with Crippen LogP contribution in [0.5, 0.6) is 0 Å². The summed E-state index contributed by atoms with van der Waals surface area (Å²) in [5.74, 6) is -0.174. The zero-order valence-corrected chi connectivity index (χ0v) is 11.2. The molecule has 2 N–H and O–H groups in total. The topological polar surface area (TPSA) is 58.2 Å². The molecule has 0 saturated heterocycles. The SMILES string of the molecule is CC(C)(C)NC(=O)CCNC(=O)c1cccs1. The quantitative estimate of drug-likeness (QED) is 0.860. The van der Waals surface area contributed by atoms with Crippen LogP contribution in [-0.4, -0.2) is 23.9 Å². The molecule has 2 amide bonds. The normalized spacial score (nSPS) is 11.0. The molecule has 0 radical (unpaired) electrons. The molecule has 1 heterocycles. The van der Waals surface area contributed by atoms with Crippen LogP contribution in [0.1, 0.15) is 36.9 Å². The number of rotatable bonds is 4. The van der Waals surface area contributed by atoms with Crippen LogP contribution in [0.3, 0.4) is 0 Å². The lowest BCUT2D eigenvalue weighted by molar-refractivity contribution is -0.122. The van der Waals surface area contributed by atoms with Crippen LogP contribution in [0.4, 0.5) is 0 Å². The third-order valence-electron chi connectivity index (χ3n) is 1.90. The molecule has 0 aromatic carbocycles. The summed E-state index contributed by atoms with van der Waals surface area (Å²) in [4.78, 5) is 23.7. The van der Waals surface area contributed by atoms with Crippen molar-refractivity contribution >= 4 is 23.2 Å². The Balaban J connectivity index is 2.24. The summed E-state index contributed by atoms with van der Waals surface area (Å²) < 4.78 is 0. The average molecular weight is 254 g/mol. The second kappa shape index (κ2) is 5.82. The van der Waals surface area contributed by atoms with Crippen LogP contribution in [0.25, 0.3) is 0 Å². The van der Waals surface area contributed by atoms with Gasteiger partial charge in [-0.3, -0.25) is 9.59 Å². The highest BCUT2D eigenvalue weighted by Gasteiger charge is 2.13. The van der Waals surface area contributed by atoms with E-state index in [1.54, 1.807) is 6.07 Å². The monoisotopic (exact) mass is 254 g/mol. The van der Waals surface area contributed by atoms with Gasteiger partial charge in [-0.05, 0) is 32.2 Å². The summed E-state index contributed by atoms with van der Waals surface area (Å²) in [6.45, 7) is 6.14. The fourth-order valence-electron chi connectivity index (χ4n) is 1.27. The van der Waals surface area contributed by atoms with Crippen molar-refractivity contribution in [2.24, 2.45) is 0 Å². The lowest BCUT2D eigenvalue weighted by atomic mass is 10.1. The first-order valence-electron chi connectivity index (χ1n) is 5.51. The van der Waals surface area contributed by atoms with Gasteiger partial charge in [0.15, 0.2) is 0 Å². The number of amides is 2. The molecular formula is C12H18N2O2S. The molecule has 1 rings (SSSR count). The Hall–Kier alpha value is -1.36. The maximum atomic E-state index is 11.5. The van der Waals surface area contributed by atoms with Crippen molar-refractivity contribution in [1.29, 1.82) is 0 Å². The third kappa shape index (κ3) is 5.49. The molecule has 0 aliphatic heterocycles. The zero-order chi connectivity index (χ0) is 12.9. The van der Waals surface area contributed by atoms with Gasteiger partial charge in [0.25, 0.3) is 5.91 Å². The number of nitrogens with one attached hydrogen (secondary N) is 2. The number of thiophene rings is 1. The summed E-state index contributed by atoms with van der Waals surface area (Å²) in [7, 11) is 0. The van der Waals surface area contributed by atoms with E-state index in [4.69, 9.17) is 0 Å². The second-order valence-corrected chi connectivity index (χ2v) is 5.73. The smallest absolute Gasteiger partial charge is 0.261 e. The van der Waals surface area contributed by atoms with E-state index in [1.165, 1.54) is 11.3 Å². The molecule has 17 heavy (non-hydrogen) atoms. The van der Waals surface area contributed by atoms with E-state index < -0.39 is 0 Å². The molecule has 0 aliphatic rings. The Bertz CT molecular complexity index is 380. The molecule has 0 unspecified atom stereocenters. The summed E-state index contributed by atoms with van der Waals surface area (Å²) >= 11 is 1.39. The van der Waals surface area contributed by atoms with Crippen LogP contribution in [0, 0.1) is 0 Å². The van der Waals surface area contributed by atoms with Gasteiger partial charge < -0.3 is 10.6 Å². The minimum absolute atomic E-state index is 0.0519. The second-order valence-electron chi connectivity index (χ2n) is 4.78. The van der Waals surface area contributed by atoms with E-state index in [0.29, 0.717) is 17.8 Å². The fourth-order valence-corrected chi connectivity index (χ4v) is 1.91. The molecule has 0 spiro atoms. The van der Waals surface area contributed by atoms with Crippen molar-refractivity contribution in [3.05, 3.63) is 22.4 Å². The predicted octanol–water partition coefficient (Wildman–Crippen LogP) is 1.78. The lowest BCUT2D eigenvalue weighted by Gasteiger charge is -2.20. The van der Waals surface area contributed by atoms with E-state index in [2.05, 4.69) is 10.6 Å². The Kier molecular flexibility index (Phi) is 4.69. The van der Waals surface area contributed by atoms with Crippen molar-refractivity contribution in [3.8, 4) is 0 Å². The van der Waals surface area contributed by atoms with Crippen LogP contribution >= 0.6 is 11.3 Å². The first kappa shape index (κ1) is 13.7. The van der Waals surface area contributed by atoms with Crippen LogP contribution in [-0.2, 0) is 4.79 Å². The zero-order valence-electron chi connectivity index (χ0n) is 10.4. The van der Waals surface area contributed by atoms with Gasteiger partial charge in [-0.1, -0.05) is 6.07 Å². The van der Waals surface area contributed by atoms with E-state index in [9.17, 15) is 9.59 Å². The molecule has 5 heteroatoms. The van der Waals surface area contributed by atoms with Gasteiger partial charge in [-0.15, -0.1) is 11.3 Å². The molecule has 1 aromatic heterocycles. The third-order valence-corrected chi connectivity index (χ3v) is 2.77. The Morgan fingerprint density at radius 2 is 2.06 bits per heavy atom. The summed E-state index contributed by atoms with van der Waals surface area (Å²) in [5, 5.41) is 7.40. The Labute approximate surface area is 105 Å². The molecule has 0 fully saturated rings. The summed E-state index contributed by atoms with van der Waals surface area (Å²) in [6.07, 6.45) is 0.300. The Morgan fingerprint density at radius 1 is 1.35 bits per heavy atom. The van der Waals surface area contributed by atoms with Crippen molar-refractivity contribution < 1.29 is 9.59 Å². The Morgan fingerprint density at radius 3 is 2.59 bits per heavy atom. The van der Waals surface area contributed by atoms with Gasteiger partial charge in [0.1, 0.15) is 0 Å². The maximum Gasteiger partial charge on any atom is 0.261 e. The predicted molar refractivity (Wildman–Crippen MR) is 69.2 cm³/mol. The van der Waals surface area contributed by atoms with Gasteiger partial charge in [0, 0.05) is 18.5 Å². The molecule has 94 valence electrons. The number of hydrogen-bond acceptors (Lipinski definition) is 3. The minimum atomic E-state index is -0.227. The average Bonchev–Trinajstić information content (AvgIpc) is 2.66. The summed E-state index contributed by atoms with van der Waals surface area (Å²) in [5.41, 5.74) is -0.227. The minimum Gasteiger partial charge on any atom is -0.351 e. The maximum absolute atomic E-state index is 11.5. The molecule has 0 aliphatic carbocycles. The highest BCUT2D eigenvalue weighted by atomic mass is 32.1. The van der Waals surface area contributed by atoms with Gasteiger partial charge >= 0.3 is 0 Å². The number of hydrogen-bond donors (Lipinski definition) is 2. The van der Waals surface area contributed by atoms with Gasteiger partial charge in [-0.25, -0.2) is 0 Å². The largest absolute Gasteiger partial charge is 0.351 e. The van der Waals surface area contributed by atoms with Crippen molar-refractivity contribution in [3.63, 3.8) is 0 Å². The molecule has 0 saturated carbocycles. The molecular weight excluding hydrogens is 236 g/mol.